The molecule has 1 heterocycles. The van der Waals surface area contributed by atoms with Crippen LogP contribution in [-0.4, -0.2) is 35.2 Å². The smallest absolute Gasteiger partial charge is 0.0583 e. The summed E-state index contributed by atoms with van der Waals surface area (Å²) in [5.41, 5.74) is 0. The average Bonchev–Trinajstić information content (AvgIpc) is 2.66. The van der Waals surface area contributed by atoms with Crippen molar-refractivity contribution in [1.29, 1.82) is 0 Å². The van der Waals surface area contributed by atoms with Crippen LogP contribution in [0, 0.1) is 5.92 Å². The Hall–Kier alpha value is 0.140. The Bertz CT molecular complexity index is 256. The largest absolute Gasteiger partial charge is 0.393 e. The molecule has 0 aromatic rings. The molecule has 3 unspecified atom stereocenters. The minimum atomic E-state index is -0.0667. The normalized spacial score (nSPS) is 36.5. The second kappa shape index (κ2) is 5.65. The number of likely N-dealkylation sites (tertiary alicyclic amines) is 1. The number of rotatable bonds is 3. The van der Waals surface area contributed by atoms with Crippen LogP contribution in [0.5, 0.6) is 0 Å². The van der Waals surface area contributed by atoms with Gasteiger partial charge in [-0.1, -0.05) is 35.4 Å². The van der Waals surface area contributed by atoms with Crippen LogP contribution in [0.2, 0.25) is 0 Å². The van der Waals surface area contributed by atoms with Gasteiger partial charge in [0.15, 0.2) is 0 Å². The summed E-state index contributed by atoms with van der Waals surface area (Å²) in [7, 11) is 0. The number of aliphatic hydroxyl groups is 1. The molecule has 0 spiro atoms. The van der Waals surface area contributed by atoms with E-state index in [9.17, 15) is 5.11 Å². The Morgan fingerprint density at radius 3 is 2.69 bits per heavy atom. The van der Waals surface area contributed by atoms with Gasteiger partial charge in [0.2, 0.25) is 0 Å². The lowest BCUT2D eigenvalue weighted by Gasteiger charge is -2.37. The van der Waals surface area contributed by atoms with Crippen LogP contribution in [0.15, 0.2) is 11.1 Å². The molecule has 1 aliphatic carbocycles. The third-order valence-electron chi connectivity index (χ3n) is 4.06. The summed E-state index contributed by atoms with van der Waals surface area (Å²) >= 11 is 3.45. The minimum absolute atomic E-state index is 0.0667. The predicted molar refractivity (Wildman–Crippen MR) is 70.6 cm³/mol. The molecule has 1 saturated heterocycles. The molecule has 0 radical (unpaired) electrons. The van der Waals surface area contributed by atoms with E-state index in [2.05, 4.69) is 27.4 Å². The van der Waals surface area contributed by atoms with E-state index in [0.29, 0.717) is 12.0 Å². The Morgan fingerprint density at radius 2 is 2.00 bits per heavy atom. The molecule has 0 aromatic carbocycles. The molecule has 1 N–H and O–H groups in total. The van der Waals surface area contributed by atoms with Crippen LogP contribution < -0.4 is 0 Å². The molecule has 0 bridgehead atoms. The zero-order valence-corrected chi connectivity index (χ0v) is 11.5. The summed E-state index contributed by atoms with van der Waals surface area (Å²) in [6, 6.07) is 0.588. The Kier molecular flexibility index (Phi) is 4.45. The van der Waals surface area contributed by atoms with Crippen molar-refractivity contribution in [2.45, 2.75) is 50.7 Å². The van der Waals surface area contributed by atoms with Gasteiger partial charge in [0, 0.05) is 23.0 Å². The van der Waals surface area contributed by atoms with Crippen LogP contribution >= 0.6 is 15.9 Å². The lowest BCUT2D eigenvalue weighted by Crippen LogP contribution is -2.42. The van der Waals surface area contributed by atoms with Crippen LogP contribution in [-0.2, 0) is 0 Å². The van der Waals surface area contributed by atoms with Gasteiger partial charge in [-0.25, -0.2) is 0 Å². The van der Waals surface area contributed by atoms with Crippen molar-refractivity contribution in [2.75, 3.05) is 13.1 Å². The maximum Gasteiger partial charge on any atom is 0.0583 e. The first-order chi connectivity index (χ1) is 7.68. The van der Waals surface area contributed by atoms with Crippen molar-refractivity contribution < 1.29 is 5.11 Å². The predicted octanol–water partition coefficient (Wildman–Crippen LogP) is 2.91. The van der Waals surface area contributed by atoms with Crippen molar-refractivity contribution in [3.05, 3.63) is 11.1 Å². The highest BCUT2D eigenvalue weighted by molar-refractivity contribution is 9.11. The van der Waals surface area contributed by atoms with E-state index >= 15 is 0 Å². The van der Waals surface area contributed by atoms with Crippen molar-refractivity contribution in [3.63, 3.8) is 0 Å². The van der Waals surface area contributed by atoms with E-state index in [0.717, 1.165) is 17.4 Å². The maximum atomic E-state index is 10.1. The number of hydrogen-bond donors (Lipinski definition) is 1. The number of halogens is 1. The van der Waals surface area contributed by atoms with E-state index in [-0.39, 0.29) is 6.10 Å². The quantitative estimate of drug-likeness (QED) is 0.863. The van der Waals surface area contributed by atoms with E-state index < -0.39 is 0 Å². The molecule has 0 aromatic heterocycles. The van der Waals surface area contributed by atoms with Gasteiger partial charge in [0.25, 0.3) is 0 Å². The Morgan fingerprint density at radius 1 is 1.25 bits per heavy atom. The summed E-state index contributed by atoms with van der Waals surface area (Å²) < 4.78 is 1.06. The van der Waals surface area contributed by atoms with Crippen LogP contribution in [0.25, 0.3) is 0 Å². The van der Waals surface area contributed by atoms with Gasteiger partial charge in [-0.2, -0.15) is 0 Å². The molecule has 3 atom stereocenters. The van der Waals surface area contributed by atoms with Crippen LogP contribution in [0.1, 0.15) is 38.5 Å². The van der Waals surface area contributed by atoms with E-state index in [1.165, 1.54) is 38.6 Å². The SMILES string of the molecule is C=C(Br)CN1CCCC1C1CCCCC1O. The highest BCUT2D eigenvalue weighted by atomic mass is 79.9. The van der Waals surface area contributed by atoms with Gasteiger partial charge in [-0.05, 0) is 32.2 Å². The Labute approximate surface area is 107 Å². The number of nitrogens with zero attached hydrogens (tertiary/aromatic N) is 1. The molecule has 92 valence electrons. The molecule has 2 rings (SSSR count). The van der Waals surface area contributed by atoms with E-state index in [1.807, 2.05) is 0 Å². The summed E-state index contributed by atoms with van der Waals surface area (Å²) in [5.74, 6) is 0.503. The van der Waals surface area contributed by atoms with Gasteiger partial charge in [-0.15, -0.1) is 0 Å². The first-order valence-corrected chi connectivity index (χ1v) is 7.23. The molecule has 16 heavy (non-hydrogen) atoms. The summed E-state index contributed by atoms with van der Waals surface area (Å²) in [6.07, 6.45) is 7.16. The van der Waals surface area contributed by atoms with Gasteiger partial charge >= 0.3 is 0 Å². The lowest BCUT2D eigenvalue weighted by atomic mass is 9.80. The fourth-order valence-corrected chi connectivity index (χ4v) is 3.66. The molecular formula is C13H22BrNO. The summed E-state index contributed by atoms with van der Waals surface area (Å²) in [4.78, 5) is 2.50. The summed E-state index contributed by atoms with van der Waals surface area (Å²) in [5, 5.41) is 10.1. The van der Waals surface area contributed by atoms with Crippen molar-refractivity contribution >= 4 is 15.9 Å². The van der Waals surface area contributed by atoms with Gasteiger partial charge in [0.1, 0.15) is 0 Å². The maximum absolute atomic E-state index is 10.1. The minimum Gasteiger partial charge on any atom is -0.393 e. The fraction of sp³-hybridized carbons (Fsp3) is 0.846. The van der Waals surface area contributed by atoms with E-state index in [4.69, 9.17) is 0 Å². The molecule has 2 fully saturated rings. The van der Waals surface area contributed by atoms with Crippen molar-refractivity contribution in [1.82, 2.24) is 4.90 Å². The van der Waals surface area contributed by atoms with Crippen molar-refractivity contribution in [2.24, 2.45) is 5.92 Å². The van der Waals surface area contributed by atoms with E-state index in [1.54, 1.807) is 0 Å². The first kappa shape index (κ1) is 12.6. The average molecular weight is 288 g/mol. The molecule has 1 aliphatic heterocycles. The first-order valence-electron chi connectivity index (χ1n) is 6.44. The highest BCUT2D eigenvalue weighted by Crippen LogP contribution is 2.35. The molecule has 2 aliphatic rings. The van der Waals surface area contributed by atoms with Crippen molar-refractivity contribution in [3.8, 4) is 0 Å². The Balaban J connectivity index is 1.98. The second-order valence-corrected chi connectivity index (χ2v) is 6.33. The third-order valence-corrected chi connectivity index (χ3v) is 4.32. The zero-order chi connectivity index (χ0) is 11.5. The fourth-order valence-electron chi connectivity index (χ4n) is 3.34. The molecule has 2 nitrogen and oxygen atoms in total. The van der Waals surface area contributed by atoms with Gasteiger partial charge < -0.3 is 5.11 Å². The zero-order valence-electron chi connectivity index (χ0n) is 9.87. The lowest BCUT2D eigenvalue weighted by molar-refractivity contribution is 0.0248. The second-order valence-electron chi connectivity index (χ2n) is 5.21. The summed E-state index contributed by atoms with van der Waals surface area (Å²) in [6.45, 7) is 6.03. The molecular weight excluding hydrogens is 266 g/mol. The van der Waals surface area contributed by atoms with Gasteiger partial charge in [0.05, 0.1) is 6.10 Å². The topological polar surface area (TPSA) is 23.5 Å². The number of aliphatic hydroxyl groups excluding tert-OH is 1. The number of hydrogen-bond acceptors (Lipinski definition) is 2. The van der Waals surface area contributed by atoms with Crippen LogP contribution in [0.4, 0.5) is 0 Å². The standard InChI is InChI=1S/C13H22BrNO/c1-10(14)9-15-8-4-6-12(15)11-5-2-3-7-13(11)16/h11-13,16H,1-9H2. The monoisotopic (exact) mass is 287 g/mol. The molecule has 1 saturated carbocycles. The molecule has 0 amide bonds. The highest BCUT2D eigenvalue weighted by Gasteiger charge is 2.36. The van der Waals surface area contributed by atoms with Crippen LogP contribution in [0.3, 0.4) is 0 Å². The molecule has 3 heteroatoms. The van der Waals surface area contributed by atoms with Gasteiger partial charge in [-0.3, -0.25) is 4.90 Å². The third kappa shape index (κ3) is 2.88.